The Balaban J connectivity index is 0.00000264. The first kappa shape index (κ1) is 19.8. The van der Waals surface area contributed by atoms with E-state index in [1.54, 1.807) is 0 Å². The molecule has 1 aliphatic heterocycles. The number of halogens is 1. The number of likely N-dealkylation sites (tertiary alicyclic amines) is 1. The van der Waals surface area contributed by atoms with E-state index in [0.717, 1.165) is 38.0 Å². The second-order valence-corrected chi connectivity index (χ2v) is 6.28. The lowest BCUT2D eigenvalue weighted by atomic mass is 9.96. The second kappa shape index (κ2) is 9.14. The van der Waals surface area contributed by atoms with Crippen LogP contribution in [0.15, 0.2) is 24.3 Å². The molecular formula is C18H29ClN2O2. The van der Waals surface area contributed by atoms with E-state index in [9.17, 15) is 4.79 Å². The molecule has 130 valence electrons. The zero-order valence-electron chi connectivity index (χ0n) is 14.3. The smallest absolute Gasteiger partial charge is 0.254 e. The highest BCUT2D eigenvalue weighted by Gasteiger charge is 2.29. The van der Waals surface area contributed by atoms with E-state index in [-0.39, 0.29) is 36.5 Å². The molecule has 0 spiro atoms. The molecular weight excluding hydrogens is 312 g/mol. The summed E-state index contributed by atoms with van der Waals surface area (Å²) in [5.41, 5.74) is 6.77. The first-order chi connectivity index (χ1) is 10.5. The Bertz CT molecular complexity index is 490. The molecule has 0 aromatic heterocycles. The summed E-state index contributed by atoms with van der Waals surface area (Å²) in [5, 5.41) is 0. The summed E-state index contributed by atoms with van der Waals surface area (Å²) in [4.78, 5) is 14.7. The van der Waals surface area contributed by atoms with Crippen LogP contribution in [0.4, 0.5) is 0 Å². The molecule has 0 bridgehead atoms. The summed E-state index contributed by atoms with van der Waals surface area (Å²) < 4.78 is 5.76. The highest BCUT2D eigenvalue weighted by molar-refractivity contribution is 5.94. The van der Waals surface area contributed by atoms with Crippen LogP contribution in [-0.2, 0) is 0 Å². The summed E-state index contributed by atoms with van der Waals surface area (Å²) in [7, 11) is 0. The molecule has 5 heteroatoms. The van der Waals surface area contributed by atoms with Gasteiger partial charge in [-0.1, -0.05) is 6.92 Å². The fourth-order valence-corrected chi connectivity index (χ4v) is 2.91. The molecule has 1 fully saturated rings. The topological polar surface area (TPSA) is 55.6 Å². The van der Waals surface area contributed by atoms with Crippen LogP contribution in [0.2, 0.25) is 0 Å². The molecule has 1 aliphatic rings. The minimum absolute atomic E-state index is 0. The maximum atomic E-state index is 12.7. The fraction of sp³-hybridized carbons (Fsp3) is 0.611. The molecule has 1 heterocycles. The third kappa shape index (κ3) is 5.11. The number of rotatable bonds is 5. The highest BCUT2D eigenvalue weighted by atomic mass is 35.5. The second-order valence-electron chi connectivity index (χ2n) is 6.28. The molecule has 3 unspecified atom stereocenters. The van der Waals surface area contributed by atoms with E-state index in [1.807, 2.05) is 43.0 Å². The number of nitrogens with zero attached hydrogens (tertiary/aromatic N) is 1. The Morgan fingerprint density at radius 1 is 1.30 bits per heavy atom. The van der Waals surface area contributed by atoms with Gasteiger partial charge in [0, 0.05) is 24.2 Å². The quantitative estimate of drug-likeness (QED) is 0.890. The van der Waals surface area contributed by atoms with Crippen molar-refractivity contribution in [2.45, 2.75) is 64.6 Å². The van der Waals surface area contributed by atoms with E-state index < -0.39 is 0 Å². The van der Waals surface area contributed by atoms with E-state index in [1.165, 1.54) is 0 Å². The molecule has 23 heavy (non-hydrogen) atoms. The molecule has 0 aliphatic carbocycles. The minimum atomic E-state index is 0. The molecule has 2 N–H and O–H groups in total. The van der Waals surface area contributed by atoms with Crippen LogP contribution in [0, 0.1) is 0 Å². The number of hydrogen-bond donors (Lipinski definition) is 1. The van der Waals surface area contributed by atoms with Gasteiger partial charge in [-0.2, -0.15) is 0 Å². The number of ether oxygens (including phenoxy) is 1. The fourth-order valence-electron chi connectivity index (χ4n) is 2.91. The number of carbonyl (C=O) groups is 1. The van der Waals surface area contributed by atoms with Crippen LogP contribution in [0.1, 0.15) is 56.8 Å². The molecule has 3 atom stereocenters. The van der Waals surface area contributed by atoms with Crippen LogP contribution in [-0.4, -0.2) is 35.5 Å². The Kier molecular flexibility index (Phi) is 7.86. The van der Waals surface area contributed by atoms with Gasteiger partial charge in [0.15, 0.2) is 0 Å². The first-order valence-corrected chi connectivity index (χ1v) is 8.36. The lowest BCUT2D eigenvalue weighted by Gasteiger charge is -2.38. The van der Waals surface area contributed by atoms with Crippen molar-refractivity contribution in [1.29, 1.82) is 0 Å². The van der Waals surface area contributed by atoms with E-state index in [0.29, 0.717) is 5.56 Å². The zero-order chi connectivity index (χ0) is 16.1. The van der Waals surface area contributed by atoms with Gasteiger partial charge in [0.1, 0.15) is 5.75 Å². The summed E-state index contributed by atoms with van der Waals surface area (Å²) in [6.45, 7) is 6.92. The number of amides is 1. The molecule has 1 amide bonds. The van der Waals surface area contributed by atoms with E-state index in [2.05, 4.69) is 6.92 Å². The largest absolute Gasteiger partial charge is 0.491 e. The van der Waals surface area contributed by atoms with Crippen molar-refractivity contribution in [3.8, 4) is 5.75 Å². The van der Waals surface area contributed by atoms with Gasteiger partial charge in [-0.25, -0.2) is 0 Å². The van der Waals surface area contributed by atoms with Gasteiger partial charge < -0.3 is 15.4 Å². The molecule has 2 rings (SSSR count). The lowest BCUT2D eigenvalue weighted by Crippen LogP contribution is -2.51. The van der Waals surface area contributed by atoms with Crippen molar-refractivity contribution >= 4 is 18.3 Å². The van der Waals surface area contributed by atoms with Crippen LogP contribution < -0.4 is 10.5 Å². The first-order valence-electron chi connectivity index (χ1n) is 8.36. The van der Waals surface area contributed by atoms with Crippen molar-refractivity contribution in [3.05, 3.63) is 29.8 Å². The predicted molar refractivity (Wildman–Crippen MR) is 96.4 cm³/mol. The minimum Gasteiger partial charge on any atom is -0.491 e. The van der Waals surface area contributed by atoms with Crippen LogP contribution in [0.25, 0.3) is 0 Å². The highest BCUT2D eigenvalue weighted by Crippen LogP contribution is 2.23. The predicted octanol–water partition coefficient (Wildman–Crippen LogP) is 3.63. The Morgan fingerprint density at radius 2 is 1.96 bits per heavy atom. The maximum absolute atomic E-state index is 12.7. The van der Waals surface area contributed by atoms with Gasteiger partial charge in [0.25, 0.3) is 5.91 Å². The van der Waals surface area contributed by atoms with Gasteiger partial charge in [0.2, 0.25) is 0 Å². The van der Waals surface area contributed by atoms with Crippen molar-refractivity contribution < 1.29 is 9.53 Å². The normalized spacial score (nSPS) is 20.3. The number of benzene rings is 1. The van der Waals surface area contributed by atoms with Crippen molar-refractivity contribution in [1.82, 2.24) is 4.90 Å². The van der Waals surface area contributed by atoms with E-state index >= 15 is 0 Å². The maximum Gasteiger partial charge on any atom is 0.254 e. The van der Waals surface area contributed by atoms with Crippen LogP contribution >= 0.6 is 12.4 Å². The lowest BCUT2D eigenvalue weighted by molar-refractivity contribution is 0.0584. The average Bonchev–Trinajstić information content (AvgIpc) is 2.54. The standard InChI is InChI=1S/C18H28N2O2.ClH/c1-4-13(2)22-16-10-8-15(9-11-16)18(21)20-12-6-5-7-17(20)14(3)19;/h8-11,13-14,17H,4-7,12,19H2,1-3H3;1H. The SMILES string of the molecule is CCC(C)Oc1ccc(C(=O)N2CCCCC2C(C)N)cc1.Cl. The van der Waals surface area contributed by atoms with Crippen molar-refractivity contribution in [2.24, 2.45) is 5.73 Å². The Morgan fingerprint density at radius 3 is 2.52 bits per heavy atom. The van der Waals surface area contributed by atoms with Crippen molar-refractivity contribution in [3.63, 3.8) is 0 Å². The van der Waals surface area contributed by atoms with Gasteiger partial charge in [0.05, 0.1) is 6.10 Å². The number of piperidine rings is 1. The summed E-state index contributed by atoms with van der Waals surface area (Å²) in [6.07, 6.45) is 4.36. The summed E-state index contributed by atoms with van der Waals surface area (Å²) in [6, 6.07) is 7.63. The van der Waals surface area contributed by atoms with Crippen molar-refractivity contribution in [2.75, 3.05) is 6.54 Å². The van der Waals surface area contributed by atoms with Gasteiger partial charge in [-0.05, 0) is 63.8 Å². The monoisotopic (exact) mass is 340 g/mol. The molecule has 4 nitrogen and oxygen atoms in total. The summed E-state index contributed by atoms with van der Waals surface area (Å²) >= 11 is 0. The number of nitrogens with two attached hydrogens (primary N) is 1. The average molecular weight is 341 g/mol. The summed E-state index contributed by atoms with van der Waals surface area (Å²) in [5.74, 6) is 0.894. The molecule has 1 aromatic carbocycles. The van der Waals surface area contributed by atoms with Crippen LogP contribution in [0.3, 0.4) is 0 Å². The third-order valence-corrected chi connectivity index (χ3v) is 4.43. The van der Waals surface area contributed by atoms with Gasteiger partial charge >= 0.3 is 0 Å². The Labute approximate surface area is 145 Å². The number of hydrogen-bond acceptors (Lipinski definition) is 3. The number of carbonyl (C=O) groups excluding carboxylic acids is 1. The zero-order valence-corrected chi connectivity index (χ0v) is 15.1. The molecule has 0 radical (unpaired) electrons. The van der Waals surface area contributed by atoms with E-state index in [4.69, 9.17) is 10.5 Å². The Hall–Kier alpha value is -1.26. The molecule has 1 saturated heterocycles. The van der Waals surface area contributed by atoms with Gasteiger partial charge in [-0.15, -0.1) is 12.4 Å². The molecule has 1 aromatic rings. The molecule has 0 saturated carbocycles. The van der Waals surface area contributed by atoms with Gasteiger partial charge in [-0.3, -0.25) is 4.79 Å². The third-order valence-electron chi connectivity index (χ3n) is 4.43. The van der Waals surface area contributed by atoms with Crippen LogP contribution in [0.5, 0.6) is 5.75 Å².